The molecule has 2 heterocycles. The lowest BCUT2D eigenvalue weighted by Crippen LogP contribution is -2.14. The van der Waals surface area contributed by atoms with E-state index in [2.05, 4.69) is 29.0 Å². The number of hydrogen-bond acceptors (Lipinski definition) is 3. The zero-order chi connectivity index (χ0) is 9.71. The molecule has 3 heteroatoms. The Morgan fingerprint density at radius 2 is 2.36 bits per heavy atom. The van der Waals surface area contributed by atoms with Crippen LogP contribution in [-0.4, -0.2) is 29.2 Å². The molecule has 1 aliphatic carbocycles. The van der Waals surface area contributed by atoms with E-state index in [0.717, 1.165) is 6.54 Å². The quantitative estimate of drug-likeness (QED) is 0.581. The summed E-state index contributed by atoms with van der Waals surface area (Å²) in [6.45, 7) is 3.14. The van der Waals surface area contributed by atoms with Crippen molar-refractivity contribution in [2.24, 2.45) is 10.9 Å². The smallest absolute Gasteiger partial charge is 0.158 e. The normalized spacial score (nSPS) is 35.0. The average Bonchev–Trinajstić information content (AvgIpc) is 3.03. The summed E-state index contributed by atoms with van der Waals surface area (Å²) in [6, 6.07) is 2.55. The van der Waals surface area contributed by atoms with Crippen molar-refractivity contribution in [2.75, 3.05) is 6.54 Å². The Labute approximate surface area is 83.7 Å². The van der Waals surface area contributed by atoms with Gasteiger partial charge >= 0.3 is 0 Å². The zero-order valence-corrected chi connectivity index (χ0v) is 8.27. The molecule has 0 amide bonds. The van der Waals surface area contributed by atoms with Crippen molar-refractivity contribution < 1.29 is 0 Å². The highest BCUT2D eigenvalue weighted by molar-refractivity contribution is 5.99. The molecule has 2 aliphatic heterocycles. The molecule has 1 saturated carbocycles. The van der Waals surface area contributed by atoms with Crippen LogP contribution >= 0.6 is 0 Å². The number of nitriles is 1. The maximum absolute atomic E-state index is 9.01. The van der Waals surface area contributed by atoms with E-state index in [1.165, 1.54) is 24.3 Å². The molecule has 0 bridgehead atoms. The number of hydrogen-bond donors (Lipinski definition) is 0. The third-order valence-corrected chi connectivity index (χ3v) is 3.24. The van der Waals surface area contributed by atoms with E-state index in [1.807, 2.05) is 0 Å². The SMILES string of the molecule is CC1=CC(C2CC2)=NC(C#N)C2CN12. The highest BCUT2D eigenvalue weighted by Gasteiger charge is 2.43. The molecule has 72 valence electrons. The lowest BCUT2D eigenvalue weighted by atomic mass is 10.2. The van der Waals surface area contributed by atoms with Gasteiger partial charge in [-0.05, 0) is 25.8 Å². The Hall–Kier alpha value is -1.30. The van der Waals surface area contributed by atoms with Crippen LogP contribution in [0.5, 0.6) is 0 Å². The van der Waals surface area contributed by atoms with Gasteiger partial charge in [0.2, 0.25) is 0 Å². The minimum atomic E-state index is -0.126. The lowest BCUT2D eigenvalue weighted by Gasteiger charge is -2.02. The molecule has 2 unspecified atom stereocenters. The molecule has 0 N–H and O–H groups in total. The molecule has 0 aromatic heterocycles. The van der Waals surface area contributed by atoms with Crippen molar-refractivity contribution in [1.29, 1.82) is 5.26 Å². The van der Waals surface area contributed by atoms with Crippen molar-refractivity contribution in [3.8, 4) is 6.07 Å². The van der Waals surface area contributed by atoms with E-state index in [-0.39, 0.29) is 6.04 Å². The Kier molecular flexibility index (Phi) is 1.49. The molecule has 3 rings (SSSR count). The molecule has 0 spiro atoms. The fraction of sp³-hybridized carbons (Fsp3) is 0.636. The minimum absolute atomic E-state index is 0.126. The van der Waals surface area contributed by atoms with Crippen LogP contribution in [0.2, 0.25) is 0 Å². The van der Waals surface area contributed by atoms with Gasteiger partial charge in [0.15, 0.2) is 6.04 Å². The predicted octanol–water partition coefficient (Wildman–Crippen LogP) is 1.33. The largest absolute Gasteiger partial charge is 0.365 e. The number of rotatable bonds is 1. The summed E-state index contributed by atoms with van der Waals surface area (Å²) in [5.41, 5.74) is 2.46. The molecule has 3 nitrogen and oxygen atoms in total. The molecule has 0 aromatic carbocycles. The van der Waals surface area contributed by atoms with Crippen LogP contribution in [0, 0.1) is 17.2 Å². The molecule has 14 heavy (non-hydrogen) atoms. The zero-order valence-electron chi connectivity index (χ0n) is 8.27. The summed E-state index contributed by atoms with van der Waals surface area (Å²) in [5.74, 6) is 0.652. The fourth-order valence-electron chi connectivity index (χ4n) is 2.13. The van der Waals surface area contributed by atoms with Crippen LogP contribution in [0.4, 0.5) is 0 Å². The number of nitrogens with zero attached hydrogens (tertiary/aromatic N) is 3. The number of fused-ring (bicyclic) bond motifs is 1. The van der Waals surface area contributed by atoms with E-state index < -0.39 is 0 Å². The Balaban J connectivity index is 1.94. The van der Waals surface area contributed by atoms with E-state index >= 15 is 0 Å². The van der Waals surface area contributed by atoms with Crippen molar-refractivity contribution in [2.45, 2.75) is 31.8 Å². The van der Waals surface area contributed by atoms with Crippen LogP contribution in [0.25, 0.3) is 0 Å². The van der Waals surface area contributed by atoms with Crippen LogP contribution in [0.15, 0.2) is 16.8 Å². The summed E-state index contributed by atoms with van der Waals surface area (Å²) in [7, 11) is 0. The summed E-state index contributed by atoms with van der Waals surface area (Å²) in [4.78, 5) is 6.84. The first kappa shape index (κ1) is 8.05. The van der Waals surface area contributed by atoms with Crippen molar-refractivity contribution in [1.82, 2.24) is 4.90 Å². The molecular formula is C11H13N3. The van der Waals surface area contributed by atoms with Gasteiger partial charge in [-0.1, -0.05) is 0 Å². The Morgan fingerprint density at radius 1 is 1.57 bits per heavy atom. The highest BCUT2D eigenvalue weighted by Crippen LogP contribution is 2.37. The molecule has 0 radical (unpaired) electrons. The van der Waals surface area contributed by atoms with Gasteiger partial charge in [0.25, 0.3) is 0 Å². The molecule has 2 atom stereocenters. The Bertz CT molecular complexity index is 370. The van der Waals surface area contributed by atoms with Gasteiger partial charge < -0.3 is 4.90 Å². The minimum Gasteiger partial charge on any atom is -0.365 e. The number of aliphatic imine (C=N–C) groups is 1. The van der Waals surface area contributed by atoms with Crippen molar-refractivity contribution in [3.05, 3.63) is 11.8 Å². The summed E-state index contributed by atoms with van der Waals surface area (Å²) in [5, 5.41) is 9.01. The number of allylic oxidation sites excluding steroid dienone is 2. The lowest BCUT2D eigenvalue weighted by molar-refractivity contribution is 0.596. The third kappa shape index (κ3) is 1.14. The van der Waals surface area contributed by atoms with Crippen LogP contribution in [-0.2, 0) is 0 Å². The Morgan fingerprint density at radius 3 is 3.00 bits per heavy atom. The monoisotopic (exact) mass is 187 g/mol. The van der Waals surface area contributed by atoms with Gasteiger partial charge in [-0.3, -0.25) is 4.99 Å². The molecule has 0 aromatic rings. The van der Waals surface area contributed by atoms with Crippen LogP contribution < -0.4 is 0 Å². The van der Waals surface area contributed by atoms with E-state index in [0.29, 0.717) is 12.0 Å². The maximum Gasteiger partial charge on any atom is 0.158 e. The van der Waals surface area contributed by atoms with Gasteiger partial charge in [-0.15, -0.1) is 0 Å². The van der Waals surface area contributed by atoms with E-state index in [9.17, 15) is 0 Å². The van der Waals surface area contributed by atoms with Crippen LogP contribution in [0.3, 0.4) is 0 Å². The summed E-state index contributed by atoms with van der Waals surface area (Å²) < 4.78 is 0. The first-order valence-electron chi connectivity index (χ1n) is 5.22. The van der Waals surface area contributed by atoms with Crippen molar-refractivity contribution in [3.63, 3.8) is 0 Å². The van der Waals surface area contributed by atoms with Crippen molar-refractivity contribution >= 4 is 5.71 Å². The first-order chi connectivity index (χ1) is 6.79. The molecule has 3 aliphatic rings. The highest BCUT2D eigenvalue weighted by atomic mass is 15.3. The first-order valence-corrected chi connectivity index (χ1v) is 5.22. The second kappa shape index (κ2) is 2.60. The maximum atomic E-state index is 9.01. The second-order valence-electron chi connectivity index (χ2n) is 4.41. The summed E-state index contributed by atoms with van der Waals surface area (Å²) in [6.07, 6.45) is 4.69. The third-order valence-electron chi connectivity index (χ3n) is 3.24. The average molecular weight is 187 g/mol. The van der Waals surface area contributed by atoms with Gasteiger partial charge in [0.05, 0.1) is 12.1 Å². The second-order valence-corrected chi connectivity index (χ2v) is 4.41. The topological polar surface area (TPSA) is 39.2 Å². The molecule has 1 saturated heterocycles. The van der Waals surface area contributed by atoms with Gasteiger partial charge in [-0.2, -0.15) is 5.26 Å². The van der Waals surface area contributed by atoms with Gasteiger partial charge in [-0.25, -0.2) is 0 Å². The summed E-state index contributed by atoms with van der Waals surface area (Å²) >= 11 is 0. The van der Waals surface area contributed by atoms with E-state index in [4.69, 9.17) is 5.26 Å². The van der Waals surface area contributed by atoms with Gasteiger partial charge in [0.1, 0.15) is 0 Å². The van der Waals surface area contributed by atoms with Crippen LogP contribution in [0.1, 0.15) is 19.8 Å². The predicted molar refractivity (Wildman–Crippen MR) is 53.8 cm³/mol. The fourth-order valence-corrected chi connectivity index (χ4v) is 2.13. The van der Waals surface area contributed by atoms with E-state index in [1.54, 1.807) is 0 Å². The van der Waals surface area contributed by atoms with Gasteiger partial charge in [0, 0.05) is 23.9 Å². The molecular weight excluding hydrogens is 174 g/mol. The standard InChI is InChI=1S/C11H13N3/c1-7-4-9(8-2-3-8)13-10(5-12)11-6-14(7)11/h4,8,10-11H,2-3,6H2,1H3. The molecule has 2 fully saturated rings.